The normalized spacial score (nSPS) is 14.8. The van der Waals surface area contributed by atoms with Gasteiger partial charge in [-0.05, 0) is 30.7 Å². The molecule has 1 heterocycles. The summed E-state index contributed by atoms with van der Waals surface area (Å²) in [5, 5.41) is 13.7. The number of hydrogen-bond donors (Lipinski definition) is 1. The van der Waals surface area contributed by atoms with Crippen LogP contribution in [0.2, 0.25) is 5.02 Å². The molecular weight excluding hydrogens is 450 g/mol. The molecule has 1 amide bonds. The number of nitro benzene ring substituents is 1. The number of ether oxygens (including phenoxy) is 2. The van der Waals surface area contributed by atoms with Gasteiger partial charge in [0.2, 0.25) is 10.0 Å². The standard InChI is InChI=1S/C19H20ClN3O7S/c1-13-2-4-15(23(25)26)11-16(13)21-19(24)12-30-17-5-3-14(20)10-18(17)31(27,28)22-6-8-29-9-7-22/h2-5,10-11H,6-9,12H2,1H3,(H,21,24). The van der Waals surface area contributed by atoms with Crippen molar-refractivity contribution >= 4 is 38.9 Å². The molecule has 0 spiro atoms. The van der Waals surface area contributed by atoms with Crippen molar-refractivity contribution in [2.75, 3.05) is 38.2 Å². The average Bonchev–Trinajstić information content (AvgIpc) is 2.74. The lowest BCUT2D eigenvalue weighted by Gasteiger charge is -2.26. The summed E-state index contributed by atoms with van der Waals surface area (Å²) < 4.78 is 38.0. The summed E-state index contributed by atoms with van der Waals surface area (Å²) >= 11 is 5.99. The van der Waals surface area contributed by atoms with Gasteiger partial charge in [-0.2, -0.15) is 4.31 Å². The summed E-state index contributed by atoms with van der Waals surface area (Å²) in [6.45, 7) is 2.13. The number of carbonyl (C=O) groups is 1. The van der Waals surface area contributed by atoms with E-state index in [-0.39, 0.29) is 53.3 Å². The van der Waals surface area contributed by atoms with E-state index in [0.717, 1.165) is 0 Å². The molecule has 0 radical (unpaired) electrons. The van der Waals surface area contributed by atoms with E-state index in [1.165, 1.54) is 40.7 Å². The zero-order valence-electron chi connectivity index (χ0n) is 16.5. The third kappa shape index (κ3) is 5.50. The average molecular weight is 470 g/mol. The number of nitrogens with zero attached hydrogens (tertiary/aromatic N) is 2. The van der Waals surface area contributed by atoms with Crippen molar-refractivity contribution in [2.24, 2.45) is 0 Å². The number of sulfonamides is 1. The van der Waals surface area contributed by atoms with Gasteiger partial charge in [0.25, 0.3) is 11.6 Å². The van der Waals surface area contributed by atoms with Crippen LogP contribution in [0.5, 0.6) is 5.75 Å². The van der Waals surface area contributed by atoms with Crippen molar-refractivity contribution in [3.63, 3.8) is 0 Å². The molecule has 1 saturated heterocycles. The smallest absolute Gasteiger partial charge is 0.271 e. The third-order valence-electron chi connectivity index (χ3n) is 4.56. The summed E-state index contributed by atoms with van der Waals surface area (Å²) in [7, 11) is -3.91. The van der Waals surface area contributed by atoms with E-state index in [1.54, 1.807) is 6.92 Å². The molecule has 166 valence electrons. The molecule has 0 atom stereocenters. The van der Waals surface area contributed by atoms with Gasteiger partial charge in [0, 0.05) is 30.2 Å². The molecule has 0 aliphatic carbocycles. The van der Waals surface area contributed by atoms with Gasteiger partial charge < -0.3 is 14.8 Å². The number of hydrogen-bond acceptors (Lipinski definition) is 7. The van der Waals surface area contributed by atoms with E-state index in [9.17, 15) is 23.3 Å². The Labute approximate surface area is 183 Å². The van der Waals surface area contributed by atoms with Gasteiger partial charge >= 0.3 is 0 Å². The first kappa shape index (κ1) is 22.9. The molecule has 10 nitrogen and oxygen atoms in total. The van der Waals surface area contributed by atoms with Crippen LogP contribution in [0.15, 0.2) is 41.3 Å². The molecule has 1 N–H and O–H groups in total. The third-order valence-corrected chi connectivity index (χ3v) is 6.71. The van der Waals surface area contributed by atoms with Crippen LogP contribution >= 0.6 is 11.6 Å². The quantitative estimate of drug-likeness (QED) is 0.487. The summed E-state index contributed by atoms with van der Waals surface area (Å²) in [6.07, 6.45) is 0. The van der Waals surface area contributed by atoms with E-state index in [2.05, 4.69) is 5.32 Å². The van der Waals surface area contributed by atoms with Crippen molar-refractivity contribution in [3.05, 3.63) is 57.1 Å². The van der Waals surface area contributed by atoms with Gasteiger partial charge in [-0.3, -0.25) is 14.9 Å². The Balaban J connectivity index is 1.76. The molecule has 1 aliphatic heterocycles. The second-order valence-corrected chi connectivity index (χ2v) is 9.04. The Morgan fingerprint density at radius 1 is 1.26 bits per heavy atom. The SMILES string of the molecule is Cc1ccc([N+](=O)[O-])cc1NC(=O)COc1ccc(Cl)cc1S(=O)(=O)N1CCOCC1. The molecule has 0 saturated carbocycles. The number of rotatable bonds is 7. The van der Waals surface area contributed by atoms with Gasteiger partial charge in [0.1, 0.15) is 10.6 Å². The fraction of sp³-hybridized carbons (Fsp3) is 0.316. The lowest BCUT2D eigenvalue weighted by molar-refractivity contribution is -0.384. The van der Waals surface area contributed by atoms with Crippen molar-refractivity contribution in [2.45, 2.75) is 11.8 Å². The lowest BCUT2D eigenvalue weighted by atomic mass is 10.2. The van der Waals surface area contributed by atoms with Crippen LogP contribution in [0.1, 0.15) is 5.56 Å². The molecule has 0 bridgehead atoms. The maximum Gasteiger partial charge on any atom is 0.271 e. The molecular formula is C19H20ClN3O7S. The number of halogens is 1. The number of nitrogens with one attached hydrogen (secondary N) is 1. The Morgan fingerprint density at radius 3 is 2.65 bits per heavy atom. The summed E-state index contributed by atoms with van der Waals surface area (Å²) in [5.74, 6) is -0.630. The van der Waals surface area contributed by atoms with Crippen molar-refractivity contribution in [1.29, 1.82) is 0 Å². The van der Waals surface area contributed by atoms with Gasteiger partial charge in [0.15, 0.2) is 6.61 Å². The highest BCUT2D eigenvalue weighted by atomic mass is 35.5. The molecule has 3 rings (SSSR count). The number of morpholine rings is 1. The van der Waals surface area contributed by atoms with E-state index in [4.69, 9.17) is 21.1 Å². The molecule has 1 fully saturated rings. The molecule has 2 aromatic rings. The van der Waals surface area contributed by atoms with Crippen LogP contribution in [0.4, 0.5) is 11.4 Å². The van der Waals surface area contributed by atoms with Crippen LogP contribution in [0.25, 0.3) is 0 Å². The number of aryl methyl sites for hydroxylation is 1. The zero-order chi connectivity index (χ0) is 22.6. The molecule has 0 aromatic heterocycles. The van der Waals surface area contributed by atoms with E-state index in [1.807, 2.05) is 0 Å². The summed E-state index contributed by atoms with van der Waals surface area (Å²) in [5.41, 5.74) is 0.722. The fourth-order valence-electron chi connectivity index (χ4n) is 2.92. The van der Waals surface area contributed by atoms with Gasteiger partial charge in [-0.1, -0.05) is 17.7 Å². The largest absolute Gasteiger partial charge is 0.482 e. The first-order valence-electron chi connectivity index (χ1n) is 9.23. The van der Waals surface area contributed by atoms with E-state index < -0.39 is 27.5 Å². The predicted molar refractivity (Wildman–Crippen MR) is 113 cm³/mol. The molecule has 2 aromatic carbocycles. The van der Waals surface area contributed by atoms with Gasteiger partial charge in [0.05, 0.1) is 23.8 Å². The van der Waals surface area contributed by atoms with Crippen molar-refractivity contribution in [3.8, 4) is 5.75 Å². The molecule has 12 heteroatoms. The molecule has 31 heavy (non-hydrogen) atoms. The van der Waals surface area contributed by atoms with E-state index in [0.29, 0.717) is 5.56 Å². The van der Waals surface area contributed by atoms with Crippen LogP contribution in [0.3, 0.4) is 0 Å². The Morgan fingerprint density at radius 2 is 1.97 bits per heavy atom. The second-order valence-electron chi connectivity index (χ2n) is 6.70. The Hall–Kier alpha value is -2.73. The summed E-state index contributed by atoms with van der Waals surface area (Å²) in [6, 6.07) is 8.19. The Kier molecular flexibility index (Phi) is 7.11. The first-order chi connectivity index (χ1) is 14.7. The number of benzene rings is 2. The number of amides is 1. The monoisotopic (exact) mass is 469 g/mol. The second kappa shape index (κ2) is 9.60. The summed E-state index contributed by atoms with van der Waals surface area (Å²) in [4.78, 5) is 22.6. The van der Waals surface area contributed by atoms with Crippen molar-refractivity contribution in [1.82, 2.24) is 4.31 Å². The van der Waals surface area contributed by atoms with Crippen LogP contribution in [-0.2, 0) is 19.6 Å². The first-order valence-corrected chi connectivity index (χ1v) is 11.1. The van der Waals surface area contributed by atoms with Crippen LogP contribution < -0.4 is 10.1 Å². The minimum absolute atomic E-state index is 0.0261. The minimum Gasteiger partial charge on any atom is -0.482 e. The molecule has 0 unspecified atom stereocenters. The Bertz CT molecular complexity index is 1100. The number of carbonyl (C=O) groups excluding carboxylic acids is 1. The molecule has 1 aliphatic rings. The topological polar surface area (TPSA) is 128 Å². The van der Waals surface area contributed by atoms with Crippen LogP contribution in [-0.4, -0.2) is 56.5 Å². The number of anilines is 1. The fourth-order valence-corrected chi connectivity index (χ4v) is 4.72. The highest BCUT2D eigenvalue weighted by molar-refractivity contribution is 7.89. The lowest BCUT2D eigenvalue weighted by Crippen LogP contribution is -2.40. The minimum atomic E-state index is -3.91. The maximum atomic E-state index is 13.0. The highest BCUT2D eigenvalue weighted by Gasteiger charge is 2.30. The number of nitro groups is 1. The maximum absolute atomic E-state index is 13.0. The van der Waals surface area contributed by atoms with Crippen LogP contribution in [0, 0.1) is 17.0 Å². The van der Waals surface area contributed by atoms with E-state index >= 15 is 0 Å². The predicted octanol–water partition coefficient (Wildman–Crippen LogP) is 2.60. The van der Waals surface area contributed by atoms with Gasteiger partial charge in [-0.25, -0.2) is 8.42 Å². The van der Waals surface area contributed by atoms with Crippen molar-refractivity contribution < 1.29 is 27.6 Å². The van der Waals surface area contributed by atoms with Gasteiger partial charge in [-0.15, -0.1) is 0 Å². The number of non-ortho nitro benzene ring substituents is 1. The highest BCUT2D eigenvalue weighted by Crippen LogP contribution is 2.30. The zero-order valence-corrected chi connectivity index (χ0v) is 18.1.